The minimum Gasteiger partial charge on any atom is -0.332 e. The molecule has 0 amide bonds. The van der Waals surface area contributed by atoms with Gasteiger partial charge in [0, 0.05) is 11.7 Å². The van der Waals surface area contributed by atoms with E-state index in [0.29, 0.717) is 45.5 Å². The number of sulfonamides is 1. The predicted molar refractivity (Wildman–Crippen MR) is 137 cm³/mol. The summed E-state index contributed by atoms with van der Waals surface area (Å²) < 4.78 is 41.9. The van der Waals surface area contributed by atoms with Crippen molar-refractivity contribution in [1.82, 2.24) is 0 Å². The smallest absolute Gasteiger partial charge is 0.264 e. The first-order valence-corrected chi connectivity index (χ1v) is 12.7. The highest BCUT2D eigenvalue weighted by Crippen LogP contribution is 2.36. The third kappa shape index (κ3) is 4.94. The number of thiocarbonyl (C=S) groups is 1. The van der Waals surface area contributed by atoms with Gasteiger partial charge in [0.15, 0.2) is 5.11 Å². The number of nitrogens with zero attached hydrogens (tertiary/aromatic N) is 1. The van der Waals surface area contributed by atoms with Crippen molar-refractivity contribution in [2.75, 3.05) is 14.9 Å². The molecule has 2 N–H and O–H groups in total. The van der Waals surface area contributed by atoms with Gasteiger partial charge < -0.3 is 10.6 Å². The molecule has 33 heavy (non-hydrogen) atoms. The van der Waals surface area contributed by atoms with Crippen molar-refractivity contribution in [2.24, 2.45) is 0 Å². The average molecular weight is 524 g/mol. The number of rotatable bonds is 4. The summed E-state index contributed by atoms with van der Waals surface area (Å²) in [6.07, 6.45) is 1.24. The van der Waals surface area contributed by atoms with Crippen molar-refractivity contribution in [2.45, 2.75) is 30.7 Å². The average Bonchev–Trinajstić information content (AvgIpc) is 2.77. The van der Waals surface area contributed by atoms with Crippen LogP contribution in [0.5, 0.6) is 0 Å². The number of anilines is 3. The second-order valence-corrected chi connectivity index (χ2v) is 10.7. The zero-order valence-electron chi connectivity index (χ0n) is 17.5. The van der Waals surface area contributed by atoms with Gasteiger partial charge in [0.1, 0.15) is 5.82 Å². The van der Waals surface area contributed by atoms with Crippen LogP contribution in [0.4, 0.5) is 21.5 Å². The van der Waals surface area contributed by atoms with E-state index < -0.39 is 10.0 Å². The van der Waals surface area contributed by atoms with Gasteiger partial charge in [-0.25, -0.2) is 12.8 Å². The third-order valence-electron chi connectivity index (χ3n) is 5.38. The molecule has 1 aliphatic heterocycles. The fourth-order valence-electron chi connectivity index (χ4n) is 3.76. The van der Waals surface area contributed by atoms with E-state index in [1.807, 2.05) is 6.92 Å². The van der Waals surface area contributed by atoms with E-state index in [-0.39, 0.29) is 21.9 Å². The van der Waals surface area contributed by atoms with Gasteiger partial charge in [-0.15, -0.1) is 0 Å². The molecule has 0 spiro atoms. The van der Waals surface area contributed by atoms with Crippen LogP contribution in [0.2, 0.25) is 10.0 Å². The van der Waals surface area contributed by atoms with Crippen molar-refractivity contribution in [3.8, 4) is 0 Å². The maximum atomic E-state index is 13.7. The standard InChI is InChI=1S/C23H20Cl2FN3O2S2/c1-14-5-6-15-13-16(26)7-12-21(15)29(14)33(30,31)18-10-8-17(9-11-18)27-23(32)28-20-4-2-3-19(24)22(20)25/h2-4,7-14H,5-6H2,1H3,(H2,27,28,32)/t14-/m0/s1. The number of hydrogen-bond donors (Lipinski definition) is 2. The van der Waals surface area contributed by atoms with E-state index in [9.17, 15) is 12.8 Å². The van der Waals surface area contributed by atoms with Crippen LogP contribution in [-0.4, -0.2) is 19.6 Å². The molecule has 0 aliphatic carbocycles. The highest BCUT2D eigenvalue weighted by Gasteiger charge is 2.34. The lowest BCUT2D eigenvalue weighted by molar-refractivity contribution is 0.560. The summed E-state index contributed by atoms with van der Waals surface area (Å²) in [4.78, 5) is 0.133. The molecule has 3 aromatic rings. The molecular weight excluding hydrogens is 504 g/mol. The zero-order valence-corrected chi connectivity index (χ0v) is 20.6. The summed E-state index contributed by atoms with van der Waals surface area (Å²) in [6, 6.07) is 15.4. The molecule has 1 atom stereocenters. The Morgan fingerprint density at radius 2 is 1.82 bits per heavy atom. The second-order valence-electron chi connectivity index (χ2n) is 7.67. The first-order chi connectivity index (χ1) is 15.7. The Morgan fingerprint density at radius 3 is 2.55 bits per heavy atom. The fraction of sp³-hybridized carbons (Fsp3) is 0.174. The first kappa shape index (κ1) is 23.8. The Kier molecular flexibility index (Phi) is 6.81. The lowest BCUT2D eigenvalue weighted by Gasteiger charge is -2.36. The van der Waals surface area contributed by atoms with Gasteiger partial charge >= 0.3 is 0 Å². The first-order valence-electron chi connectivity index (χ1n) is 10.1. The van der Waals surface area contributed by atoms with E-state index in [2.05, 4.69) is 10.6 Å². The highest BCUT2D eigenvalue weighted by molar-refractivity contribution is 7.92. The zero-order chi connectivity index (χ0) is 23.8. The van der Waals surface area contributed by atoms with Crippen LogP contribution >= 0.6 is 35.4 Å². The molecular formula is C23H20Cl2FN3O2S2. The normalized spacial score (nSPS) is 15.6. The Morgan fingerprint density at radius 1 is 1.09 bits per heavy atom. The van der Waals surface area contributed by atoms with Crippen LogP contribution in [0.3, 0.4) is 0 Å². The van der Waals surface area contributed by atoms with Gasteiger partial charge in [-0.05, 0) is 92.1 Å². The van der Waals surface area contributed by atoms with Gasteiger partial charge in [-0.1, -0.05) is 29.3 Å². The Balaban J connectivity index is 1.53. The molecule has 0 radical (unpaired) electrons. The molecule has 0 fully saturated rings. The van der Waals surface area contributed by atoms with Gasteiger partial charge in [-0.2, -0.15) is 0 Å². The van der Waals surface area contributed by atoms with E-state index in [1.165, 1.54) is 34.6 Å². The van der Waals surface area contributed by atoms with Crippen molar-refractivity contribution in [3.63, 3.8) is 0 Å². The molecule has 5 nitrogen and oxygen atoms in total. The van der Waals surface area contributed by atoms with E-state index in [4.69, 9.17) is 35.4 Å². The summed E-state index contributed by atoms with van der Waals surface area (Å²) in [5, 5.41) is 6.98. The van der Waals surface area contributed by atoms with Gasteiger partial charge in [-0.3, -0.25) is 4.31 Å². The number of aryl methyl sites for hydroxylation is 1. The summed E-state index contributed by atoms with van der Waals surface area (Å²) in [5.74, 6) is -0.375. The van der Waals surface area contributed by atoms with Crippen LogP contribution in [0.1, 0.15) is 18.9 Å². The summed E-state index contributed by atoms with van der Waals surface area (Å²) >= 11 is 17.5. The SMILES string of the molecule is C[C@H]1CCc2cc(F)ccc2N1S(=O)(=O)c1ccc(NC(=S)Nc2cccc(Cl)c2Cl)cc1. The van der Waals surface area contributed by atoms with Crippen LogP contribution < -0.4 is 14.9 Å². The summed E-state index contributed by atoms with van der Waals surface area (Å²) in [7, 11) is -3.84. The molecule has 1 heterocycles. The van der Waals surface area contributed by atoms with Gasteiger partial charge in [0.05, 0.1) is 26.3 Å². The van der Waals surface area contributed by atoms with Crippen molar-refractivity contribution in [3.05, 3.63) is 82.1 Å². The Labute approximate surface area is 207 Å². The lowest BCUT2D eigenvalue weighted by atomic mass is 9.99. The van der Waals surface area contributed by atoms with Gasteiger partial charge in [0.25, 0.3) is 10.0 Å². The molecule has 0 saturated heterocycles. The Bertz CT molecular complexity index is 1320. The number of fused-ring (bicyclic) bond motifs is 1. The molecule has 0 aromatic heterocycles. The number of nitrogens with one attached hydrogen (secondary N) is 2. The quantitative estimate of drug-likeness (QED) is 0.383. The molecule has 10 heteroatoms. The van der Waals surface area contributed by atoms with Crippen molar-refractivity contribution >= 4 is 67.6 Å². The summed E-state index contributed by atoms with van der Waals surface area (Å²) in [6.45, 7) is 1.85. The molecule has 0 saturated carbocycles. The number of hydrogen-bond acceptors (Lipinski definition) is 3. The largest absolute Gasteiger partial charge is 0.332 e. The molecule has 0 bridgehead atoms. The van der Waals surface area contributed by atoms with E-state index in [0.717, 1.165) is 0 Å². The van der Waals surface area contributed by atoms with Crippen molar-refractivity contribution in [1.29, 1.82) is 0 Å². The van der Waals surface area contributed by atoms with Crippen LogP contribution in [0, 0.1) is 5.82 Å². The van der Waals surface area contributed by atoms with Crippen LogP contribution in [-0.2, 0) is 16.4 Å². The van der Waals surface area contributed by atoms with E-state index in [1.54, 1.807) is 30.3 Å². The molecule has 4 rings (SSSR count). The van der Waals surface area contributed by atoms with E-state index >= 15 is 0 Å². The Hall–Kier alpha value is -2.39. The lowest BCUT2D eigenvalue weighted by Crippen LogP contribution is -2.42. The van der Waals surface area contributed by atoms with Crippen molar-refractivity contribution < 1.29 is 12.8 Å². The number of halogens is 3. The highest BCUT2D eigenvalue weighted by atomic mass is 35.5. The minimum atomic E-state index is -3.84. The second kappa shape index (κ2) is 9.46. The summed E-state index contributed by atoms with van der Waals surface area (Å²) in [5.41, 5.74) is 2.35. The molecule has 0 unspecified atom stereocenters. The maximum absolute atomic E-state index is 13.7. The van der Waals surface area contributed by atoms with Gasteiger partial charge in [0.2, 0.25) is 0 Å². The van der Waals surface area contributed by atoms with Crippen LogP contribution in [0.25, 0.3) is 0 Å². The third-order valence-corrected chi connectivity index (χ3v) is 8.34. The van der Waals surface area contributed by atoms with Crippen LogP contribution in [0.15, 0.2) is 65.6 Å². The molecule has 3 aromatic carbocycles. The predicted octanol–water partition coefficient (Wildman–Crippen LogP) is 6.47. The number of benzene rings is 3. The monoisotopic (exact) mass is 523 g/mol. The minimum absolute atomic E-state index is 0.133. The maximum Gasteiger partial charge on any atom is 0.264 e. The fourth-order valence-corrected chi connectivity index (χ4v) is 6.06. The topological polar surface area (TPSA) is 61.4 Å². The molecule has 1 aliphatic rings. The molecule has 172 valence electrons.